The van der Waals surface area contributed by atoms with E-state index in [1.165, 1.54) is 0 Å². The van der Waals surface area contributed by atoms with Gasteiger partial charge in [-0.15, -0.1) is 0 Å². The van der Waals surface area contributed by atoms with Crippen LogP contribution >= 0.6 is 0 Å². The summed E-state index contributed by atoms with van der Waals surface area (Å²) in [6, 6.07) is 7.90. The van der Waals surface area contributed by atoms with E-state index in [0.29, 0.717) is 11.6 Å². The summed E-state index contributed by atoms with van der Waals surface area (Å²) in [6.07, 6.45) is 5.63. The fourth-order valence-electron chi connectivity index (χ4n) is 5.32. The first kappa shape index (κ1) is 20.4. The lowest BCUT2D eigenvalue weighted by atomic mass is 9.79. The highest BCUT2D eigenvalue weighted by Crippen LogP contribution is 2.42. The molecule has 1 atom stereocenters. The first-order chi connectivity index (χ1) is 15.1. The van der Waals surface area contributed by atoms with E-state index in [1.54, 1.807) is 14.2 Å². The van der Waals surface area contributed by atoms with E-state index < -0.39 is 0 Å². The Kier molecular flexibility index (Phi) is 5.38. The molecule has 0 N–H and O–H groups in total. The predicted molar refractivity (Wildman–Crippen MR) is 115 cm³/mol. The van der Waals surface area contributed by atoms with Crippen molar-refractivity contribution >= 4 is 5.91 Å². The number of para-hydroxylation sites is 1. The van der Waals surface area contributed by atoms with Gasteiger partial charge in [-0.3, -0.25) is 9.69 Å². The lowest BCUT2D eigenvalue weighted by Gasteiger charge is -2.40. The molecule has 1 amide bonds. The van der Waals surface area contributed by atoms with Gasteiger partial charge in [0.1, 0.15) is 5.76 Å². The van der Waals surface area contributed by atoms with Crippen LogP contribution < -0.4 is 9.47 Å². The Morgan fingerprint density at radius 3 is 2.84 bits per heavy atom. The second kappa shape index (κ2) is 8.19. The molecule has 31 heavy (non-hydrogen) atoms. The van der Waals surface area contributed by atoms with Gasteiger partial charge in [-0.25, -0.2) is 0 Å². The summed E-state index contributed by atoms with van der Waals surface area (Å²) in [5, 5.41) is 4.06. The molecule has 1 aromatic heterocycles. The molecule has 0 bridgehead atoms. The van der Waals surface area contributed by atoms with E-state index in [9.17, 15) is 4.79 Å². The Labute approximate surface area is 183 Å². The maximum Gasteiger partial charge on any atom is 0.276 e. The molecule has 3 fully saturated rings. The molecule has 1 aliphatic carbocycles. The summed E-state index contributed by atoms with van der Waals surface area (Å²) in [6.45, 7) is 4.46. The van der Waals surface area contributed by atoms with Gasteiger partial charge >= 0.3 is 0 Å². The number of likely N-dealkylation sites (tertiary alicyclic amines) is 2. The number of nitrogens with zero attached hydrogens (tertiary/aromatic N) is 3. The highest BCUT2D eigenvalue weighted by molar-refractivity contribution is 5.92. The molecule has 2 aliphatic heterocycles. The second-order valence-corrected chi connectivity index (χ2v) is 9.33. The minimum absolute atomic E-state index is 0.0131. The largest absolute Gasteiger partial charge is 0.493 e. The van der Waals surface area contributed by atoms with Crippen molar-refractivity contribution in [2.24, 2.45) is 5.41 Å². The number of benzene rings is 1. The minimum atomic E-state index is 0.0131. The zero-order valence-corrected chi connectivity index (χ0v) is 18.4. The number of carbonyl (C=O) groups is 1. The summed E-state index contributed by atoms with van der Waals surface area (Å²) in [4.78, 5) is 17.5. The Balaban J connectivity index is 1.25. The molecular formula is C24H31N3O4. The molecule has 3 heterocycles. The van der Waals surface area contributed by atoms with Crippen LogP contribution in [-0.4, -0.2) is 61.3 Å². The van der Waals surface area contributed by atoms with E-state index >= 15 is 0 Å². The summed E-state index contributed by atoms with van der Waals surface area (Å²) in [7, 11) is 3.36. The molecule has 7 heteroatoms. The molecule has 3 aliphatic rings. The molecule has 1 saturated carbocycles. The van der Waals surface area contributed by atoms with Gasteiger partial charge < -0.3 is 18.9 Å². The van der Waals surface area contributed by atoms with Crippen LogP contribution in [0.1, 0.15) is 59.8 Å². The SMILES string of the molecule is COc1cccc(CN2CCCC3(CCN(C(=O)c4cc(C5CC5)on4)C3)C2)c1OC. The lowest BCUT2D eigenvalue weighted by Crippen LogP contribution is -2.45. The molecule has 5 rings (SSSR count). The van der Waals surface area contributed by atoms with E-state index in [4.69, 9.17) is 14.0 Å². The van der Waals surface area contributed by atoms with E-state index in [0.717, 1.165) is 87.7 Å². The van der Waals surface area contributed by atoms with Crippen molar-refractivity contribution in [2.45, 2.75) is 44.6 Å². The fraction of sp³-hybridized carbons (Fsp3) is 0.583. The Morgan fingerprint density at radius 1 is 1.19 bits per heavy atom. The van der Waals surface area contributed by atoms with Gasteiger partial charge in [-0.05, 0) is 44.7 Å². The summed E-state index contributed by atoms with van der Waals surface area (Å²) < 4.78 is 16.5. The van der Waals surface area contributed by atoms with Crippen LogP contribution in [0, 0.1) is 5.41 Å². The van der Waals surface area contributed by atoms with Gasteiger partial charge in [0.15, 0.2) is 17.2 Å². The Hall–Kier alpha value is -2.54. The van der Waals surface area contributed by atoms with E-state index in [-0.39, 0.29) is 11.3 Å². The lowest BCUT2D eigenvalue weighted by molar-refractivity contribution is 0.0666. The molecule has 7 nitrogen and oxygen atoms in total. The predicted octanol–water partition coefficient (Wildman–Crippen LogP) is 3.70. The first-order valence-electron chi connectivity index (χ1n) is 11.3. The van der Waals surface area contributed by atoms with Gasteiger partial charge in [-0.1, -0.05) is 17.3 Å². The number of aromatic nitrogens is 1. The molecule has 166 valence electrons. The van der Waals surface area contributed by atoms with Crippen molar-refractivity contribution in [3.8, 4) is 11.5 Å². The molecular weight excluding hydrogens is 394 g/mol. The summed E-state index contributed by atoms with van der Waals surface area (Å²) in [5.74, 6) is 2.93. The number of rotatable bonds is 6. The number of amides is 1. The van der Waals surface area contributed by atoms with E-state index in [1.807, 2.05) is 23.1 Å². The topological polar surface area (TPSA) is 68.0 Å². The molecule has 2 aromatic rings. The fourth-order valence-corrected chi connectivity index (χ4v) is 5.32. The van der Waals surface area contributed by atoms with Crippen LogP contribution in [0.5, 0.6) is 11.5 Å². The van der Waals surface area contributed by atoms with Crippen molar-refractivity contribution in [1.29, 1.82) is 0 Å². The van der Waals surface area contributed by atoms with Crippen LogP contribution in [0.25, 0.3) is 0 Å². The molecule has 1 aromatic carbocycles. The number of carbonyl (C=O) groups excluding carboxylic acids is 1. The van der Waals surface area contributed by atoms with Gasteiger partial charge in [-0.2, -0.15) is 0 Å². The van der Waals surface area contributed by atoms with Crippen LogP contribution in [-0.2, 0) is 6.54 Å². The standard InChI is InChI=1S/C24H31N3O4/c1-29-20-6-3-5-18(22(20)30-2)14-26-11-4-9-24(15-26)10-12-27(16-24)23(28)19-13-21(31-25-19)17-7-8-17/h3,5-6,13,17H,4,7-12,14-16H2,1-2H3. The number of ether oxygens (including phenoxy) is 2. The summed E-state index contributed by atoms with van der Waals surface area (Å²) in [5.41, 5.74) is 1.76. The maximum atomic E-state index is 13.0. The molecule has 0 radical (unpaired) electrons. The zero-order chi connectivity index (χ0) is 21.4. The van der Waals surface area contributed by atoms with Crippen molar-refractivity contribution in [3.63, 3.8) is 0 Å². The van der Waals surface area contributed by atoms with Gasteiger partial charge in [0.25, 0.3) is 5.91 Å². The van der Waals surface area contributed by atoms with Crippen LogP contribution in [0.4, 0.5) is 0 Å². The highest BCUT2D eigenvalue weighted by Gasteiger charge is 2.43. The first-order valence-corrected chi connectivity index (χ1v) is 11.3. The molecule has 1 spiro atoms. The van der Waals surface area contributed by atoms with Crippen LogP contribution in [0.2, 0.25) is 0 Å². The van der Waals surface area contributed by atoms with E-state index in [2.05, 4.69) is 16.1 Å². The number of piperidine rings is 1. The number of hydrogen-bond acceptors (Lipinski definition) is 6. The quantitative estimate of drug-likeness (QED) is 0.703. The molecule has 2 saturated heterocycles. The monoisotopic (exact) mass is 425 g/mol. The van der Waals surface area contributed by atoms with Crippen molar-refractivity contribution in [2.75, 3.05) is 40.4 Å². The highest BCUT2D eigenvalue weighted by atomic mass is 16.5. The average Bonchev–Trinajstić information content (AvgIpc) is 3.38. The third-order valence-corrected chi connectivity index (χ3v) is 7.07. The van der Waals surface area contributed by atoms with Gasteiger partial charge in [0.2, 0.25) is 0 Å². The zero-order valence-electron chi connectivity index (χ0n) is 18.4. The smallest absolute Gasteiger partial charge is 0.276 e. The normalized spacial score (nSPS) is 24.0. The Morgan fingerprint density at radius 2 is 2.06 bits per heavy atom. The maximum absolute atomic E-state index is 13.0. The Bertz CT molecular complexity index is 954. The third-order valence-electron chi connectivity index (χ3n) is 7.07. The van der Waals surface area contributed by atoms with Gasteiger partial charge in [0.05, 0.1) is 14.2 Å². The van der Waals surface area contributed by atoms with Crippen LogP contribution in [0.15, 0.2) is 28.8 Å². The van der Waals surface area contributed by atoms with Crippen molar-refractivity contribution in [1.82, 2.24) is 15.0 Å². The molecule has 1 unspecified atom stereocenters. The number of hydrogen-bond donors (Lipinski definition) is 0. The third kappa shape index (κ3) is 4.03. The van der Waals surface area contributed by atoms with Crippen LogP contribution in [0.3, 0.4) is 0 Å². The minimum Gasteiger partial charge on any atom is -0.493 e. The summed E-state index contributed by atoms with van der Waals surface area (Å²) >= 11 is 0. The second-order valence-electron chi connectivity index (χ2n) is 9.33. The van der Waals surface area contributed by atoms with Gasteiger partial charge in [0, 0.05) is 49.1 Å². The average molecular weight is 426 g/mol. The van der Waals surface area contributed by atoms with Crippen molar-refractivity contribution in [3.05, 3.63) is 41.3 Å². The number of methoxy groups -OCH3 is 2. The van der Waals surface area contributed by atoms with Crippen molar-refractivity contribution < 1.29 is 18.8 Å².